The molecule has 2 heterocycles. The quantitative estimate of drug-likeness (QED) is 0.442. The topological polar surface area (TPSA) is 67.6 Å². The zero-order valence-corrected chi connectivity index (χ0v) is 19.5. The largest absolute Gasteiger partial charge is 0.491 e. The SMILES string of the molecule is Cc1cccc(OC[C@@H](O)Cn2c([C@H]3CC(=O)N(c4cccc(C)c4)C3)nc3ccccc32)c1. The summed E-state index contributed by atoms with van der Waals surface area (Å²) in [5.41, 5.74) is 4.97. The maximum absolute atomic E-state index is 12.9. The van der Waals surface area contributed by atoms with Crippen LogP contribution in [0, 0.1) is 13.8 Å². The molecule has 0 aliphatic carbocycles. The van der Waals surface area contributed by atoms with Crippen molar-refractivity contribution in [2.24, 2.45) is 0 Å². The number of amides is 1. The lowest BCUT2D eigenvalue weighted by atomic mass is 10.1. The molecule has 0 spiro atoms. The molecule has 1 amide bonds. The van der Waals surface area contributed by atoms with E-state index in [4.69, 9.17) is 9.72 Å². The van der Waals surface area contributed by atoms with Gasteiger partial charge in [-0.2, -0.15) is 0 Å². The number of para-hydroxylation sites is 2. The van der Waals surface area contributed by atoms with Crippen LogP contribution in [0.1, 0.15) is 29.3 Å². The number of hydrogen-bond donors (Lipinski definition) is 1. The first-order valence-electron chi connectivity index (χ1n) is 11.7. The van der Waals surface area contributed by atoms with Crippen molar-refractivity contribution in [2.75, 3.05) is 18.1 Å². The second-order valence-electron chi connectivity index (χ2n) is 9.10. The summed E-state index contributed by atoms with van der Waals surface area (Å²) in [6, 6.07) is 23.7. The first kappa shape index (κ1) is 22.2. The number of aryl methyl sites for hydroxylation is 2. The van der Waals surface area contributed by atoms with Gasteiger partial charge < -0.3 is 19.3 Å². The molecule has 0 saturated carbocycles. The number of fused-ring (bicyclic) bond motifs is 1. The predicted molar refractivity (Wildman–Crippen MR) is 133 cm³/mol. The summed E-state index contributed by atoms with van der Waals surface area (Å²) < 4.78 is 7.88. The maximum atomic E-state index is 12.9. The van der Waals surface area contributed by atoms with E-state index >= 15 is 0 Å². The van der Waals surface area contributed by atoms with Crippen molar-refractivity contribution < 1.29 is 14.6 Å². The highest BCUT2D eigenvalue weighted by Crippen LogP contribution is 2.33. The van der Waals surface area contributed by atoms with Gasteiger partial charge in [0.15, 0.2) is 0 Å². The van der Waals surface area contributed by atoms with Gasteiger partial charge in [-0.25, -0.2) is 4.98 Å². The molecular weight excluding hydrogens is 426 g/mol. The molecule has 1 N–H and O–H groups in total. The Balaban J connectivity index is 1.38. The van der Waals surface area contributed by atoms with Gasteiger partial charge in [-0.15, -0.1) is 0 Å². The van der Waals surface area contributed by atoms with Crippen LogP contribution in [0.15, 0.2) is 72.8 Å². The van der Waals surface area contributed by atoms with Crippen LogP contribution in [0.3, 0.4) is 0 Å². The molecule has 3 aromatic carbocycles. The van der Waals surface area contributed by atoms with Gasteiger partial charge in [0, 0.05) is 24.6 Å². The number of benzene rings is 3. The Bertz CT molecular complexity index is 1330. The third-order valence-electron chi connectivity index (χ3n) is 6.31. The van der Waals surface area contributed by atoms with E-state index < -0.39 is 6.10 Å². The van der Waals surface area contributed by atoms with Crippen LogP contribution in [0.2, 0.25) is 0 Å². The van der Waals surface area contributed by atoms with Gasteiger partial charge in [-0.1, -0.05) is 36.4 Å². The number of rotatable bonds is 7. The highest BCUT2D eigenvalue weighted by Gasteiger charge is 2.35. The second-order valence-corrected chi connectivity index (χ2v) is 9.10. The summed E-state index contributed by atoms with van der Waals surface area (Å²) >= 11 is 0. The van der Waals surface area contributed by atoms with E-state index in [1.54, 1.807) is 0 Å². The summed E-state index contributed by atoms with van der Waals surface area (Å²) in [5.74, 6) is 1.62. The number of aromatic nitrogens is 2. The third kappa shape index (κ3) is 4.54. The van der Waals surface area contributed by atoms with Crippen LogP contribution in [-0.2, 0) is 11.3 Å². The van der Waals surface area contributed by atoms with Gasteiger partial charge >= 0.3 is 0 Å². The van der Waals surface area contributed by atoms with E-state index in [0.29, 0.717) is 19.5 Å². The standard InChI is InChI=1S/C28H29N3O3/c1-19-7-5-9-22(13-19)30-16-21(15-27(30)33)28-29-25-11-3-4-12-26(25)31(28)17-23(32)18-34-24-10-6-8-20(2)14-24/h3-14,21,23,32H,15-18H2,1-2H3/t21-,23-/m0/s1. The lowest BCUT2D eigenvalue weighted by Crippen LogP contribution is -2.26. The fraction of sp³-hybridized carbons (Fsp3) is 0.286. The van der Waals surface area contributed by atoms with Gasteiger partial charge in [0.05, 0.1) is 17.6 Å². The van der Waals surface area contributed by atoms with Crippen molar-refractivity contribution in [3.8, 4) is 5.75 Å². The van der Waals surface area contributed by atoms with Crippen molar-refractivity contribution in [1.82, 2.24) is 9.55 Å². The molecule has 34 heavy (non-hydrogen) atoms. The molecule has 2 atom stereocenters. The highest BCUT2D eigenvalue weighted by molar-refractivity contribution is 5.96. The fourth-order valence-electron chi connectivity index (χ4n) is 4.68. The van der Waals surface area contributed by atoms with Crippen LogP contribution in [0.4, 0.5) is 5.69 Å². The fourth-order valence-corrected chi connectivity index (χ4v) is 4.68. The Hall–Kier alpha value is -3.64. The molecule has 1 aromatic heterocycles. The van der Waals surface area contributed by atoms with E-state index in [9.17, 15) is 9.90 Å². The van der Waals surface area contributed by atoms with Crippen LogP contribution in [0.5, 0.6) is 5.75 Å². The number of nitrogens with zero attached hydrogens (tertiary/aromatic N) is 3. The molecule has 5 rings (SSSR count). The molecule has 6 heteroatoms. The number of aliphatic hydroxyl groups excluding tert-OH is 1. The van der Waals surface area contributed by atoms with Gasteiger partial charge in [0.25, 0.3) is 0 Å². The number of hydrogen-bond acceptors (Lipinski definition) is 4. The molecule has 4 aromatic rings. The number of ether oxygens (including phenoxy) is 1. The first-order valence-corrected chi connectivity index (χ1v) is 11.7. The number of anilines is 1. The third-order valence-corrected chi connectivity index (χ3v) is 6.31. The smallest absolute Gasteiger partial charge is 0.227 e. The molecule has 1 aliphatic rings. The highest BCUT2D eigenvalue weighted by atomic mass is 16.5. The summed E-state index contributed by atoms with van der Waals surface area (Å²) in [5, 5.41) is 10.8. The van der Waals surface area contributed by atoms with Crippen molar-refractivity contribution in [1.29, 1.82) is 0 Å². The molecule has 1 aliphatic heterocycles. The average molecular weight is 456 g/mol. The number of carbonyl (C=O) groups excluding carboxylic acids is 1. The molecular formula is C28H29N3O3. The van der Waals surface area contributed by atoms with Crippen molar-refractivity contribution >= 4 is 22.6 Å². The Morgan fingerprint density at radius 1 is 1.03 bits per heavy atom. The van der Waals surface area contributed by atoms with Gasteiger partial charge in [-0.05, 0) is 61.4 Å². The summed E-state index contributed by atoms with van der Waals surface area (Å²) in [6.07, 6.45) is -0.325. The number of imidazole rings is 1. The minimum Gasteiger partial charge on any atom is -0.491 e. The van der Waals surface area contributed by atoms with E-state index in [0.717, 1.165) is 39.4 Å². The molecule has 6 nitrogen and oxygen atoms in total. The molecule has 1 saturated heterocycles. The van der Waals surface area contributed by atoms with E-state index in [1.165, 1.54) is 0 Å². The van der Waals surface area contributed by atoms with Crippen LogP contribution in [-0.4, -0.2) is 39.8 Å². The second kappa shape index (κ2) is 9.31. The van der Waals surface area contributed by atoms with Gasteiger partial charge in [-0.3, -0.25) is 4.79 Å². The van der Waals surface area contributed by atoms with Crippen LogP contribution >= 0.6 is 0 Å². The van der Waals surface area contributed by atoms with Crippen molar-refractivity contribution in [3.05, 3.63) is 89.7 Å². The van der Waals surface area contributed by atoms with Crippen molar-refractivity contribution in [3.63, 3.8) is 0 Å². The molecule has 1 fully saturated rings. The monoisotopic (exact) mass is 455 g/mol. The predicted octanol–water partition coefficient (Wildman–Crippen LogP) is 4.61. The summed E-state index contributed by atoms with van der Waals surface area (Å²) in [7, 11) is 0. The summed E-state index contributed by atoms with van der Waals surface area (Å²) in [6.45, 7) is 5.13. The Labute approximate surface area is 199 Å². The lowest BCUT2D eigenvalue weighted by molar-refractivity contribution is -0.117. The Morgan fingerprint density at radius 3 is 2.59 bits per heavy atom. The number of aliphatic hydroxyl groups is 1. The maximum Gasteiger partial charge on any atom is 0.227 e. The summed E-state index contributed by atoms with van der Waals surface area (Å²) in [4.78, 5) is 19.7. The van der Waals surface area contributed by atoms with Gasteiger partial charge in [0.2, 0.25) is 5.91 Å². The van der Waals surface area contributed by atoms with Gasteiger partial charge in [0.1, 0.15) is 24.3 Å². The Morgan fingerprint density at radius 2 is 1.79 bits per heavy atom. The zero-order chi connectivity index (χ0) is 23.7. The Kier molecular flexibility index (Phi) is 6.07. The first-order chi connectivity index (χ1) is 16.5. The average Bonchev–Trinajstić information content (AvgIpc) is 3.38. The van der Waals surface area contributed by atoms with E-state index in [-0.39, 0.29) is 18.4 Å². The van der Waals surface area contributed by atoms with Crippen LogP contribution < -0.4 is 9.64 Å². The van der Waals surface area contributed by atoms with Crippen LogP contribution in [0.25, 0.3) is 11.0 Å². The molecule has 0 unspecified atom stereocenters. The number of carbonyl (C=O) groups is 1. The normalized spacial score (nSPS) is 16.9. The molecule has 174 valence electrons. The lowest BCUT2D eigenvalue weighted by Gasteiger charge is -2.19. The molecule has 0 radical (unpaired) electrons. The van der Waals surface area contributed by atoms with E-state index in [2.05, 4.69) is 4.57 Å². The van der Waals surface area contributed by atoms with Crippen molar-refractivity contribution in [2.45, 2.75) is 38.8 Å². The minimum absolute atomic E-state index is 0.0506. The van der Waals surface area contributed by atoms with E-state index in [1.807, 2.05) is 91.5 Å². The zero-order valence-electron chi connectivity index (χ0n) is 19.5. The molecule has 0 bridgehead atoms. The minimum atomic E-state index is -0.721.